The van der Waals surface area contributed by atoms with Gasteiger partial charge in [0.25, 0.3) is 5.91 Å². The molecular formula is C11H10FN3O2. The van der Waals surface area contributed by atoms with Crippen molar-refractivity contribution < 1.29 is 14.3 Å². The summed E-state index contributed by atoms with van der Waals surface area (Å²) in [5.41, 5.74) is 0.769. The lowest BCUT2D eigenvalue weighted by atomic mass is 10.2. The number of aromatic nitrogens is 2. The monoisotopic (exact) mass is 235 g/mol. The number of amides is 1. The molecule has 0 fully saturated rings. The lowest BCUT2D eigenvalue weighted by molar-refractivity contribution is 0.0947. The highest BCUT2D eigenvalue weighted by atomic mass is 19.1. The van der Waals surface area contributed by atoms with Crippen molar-refractivity contribution in [2.45, 2.75) is 6.54 Å². The van der Waals surface area contributed by atoms with Crippen molar-refractivity contribution in [1.29, 1.82) is 0 Å². The highest BCUT2D eigenvalue weighted by molar-refractivity contribution is 5.96. The van der Waals surface area contributed by atoms with Gasteiger partial charge in [-0.15, -0.1) is 0 Å². The summed E-state index contributed by atoms with van der Waals surface area (Å²) in [6.45, 7) is 0.260. The third-order valence-corrected chi connectivity index (χ3v) is 2.20. The number of benzene rings is 1. The number of phenols is 1. The van der Waals surface area contributed by atoms with Gasteiger partial charge in [0.2, 0.25) is 0 Å². The van der Waals surface area contributed by atoms with E-state index in [1.807, 2.05) is 0 Å². The summed E-state index contributed by atoms with van der Waals surface area (Å²) in [6, 6.07) is 3.24. The van der Waals surface area contributed by atoms with Crippen molar-refractivity contribution >= 4 is 5.91 Å². The average Bonchev–Trinajstić information content (AvgIpc) is 2.78. The molecule has 1 heterocycles. The quantitative estimate of drug-likeness (QED) is 0.747. The van der Waals surface area contributed by atoms with E-state index in [1.54, 1.807) is 6.20 Å². The maximum absolute atomic E-state index is 12.7. The van der Waals surface area contributed by atoms with Crippen LogP contribution in [0.25, 0.3) is 0 Å². The standard InChI is InChI=1S/C11H10FN3O2/c12-7-1-2-9(10(16)3-7)11(17)14-5-8-4-13-6-15-8/h1-4,6,16H,5H2,(H,13,15)(H,14,17). The predicted molar refractivity (Wildman–Crippen MR) is 57.8 cm³/mol. The molecule has 0 radical (unpaired) electrons. The number of carbonyl (C=O) groups is 1. The molecule has 17 heavy (non-hydrogen) atoms. The number of hydrogen-bond donors (Lipinski definition) is 3. The van der Waals surface area contributed by atoms with Crippen LogP contribution in [-0.4, -0.2) is 21.0 Å². The van der Waals surface area contributed by atoms with Gasteiger partial charge in [0.1, 0.15) is 11.6 Å². The van der Waals surface area contributed by atoms with E-state index >= 15 is 0 Å². The summed E-state index contributed by atoms with van der Waals surface area (Å²) < 4.78 is 12.7. The lowest BCUT2D eigenvalue weighted by Gasteiger charge is -2.05. The van der Waals surface area contributed by atoms with Crippen LogP contribution in [0.3, 0.4) is 0 Å². The number of carbonyl (C=O) groups excluding carboxylic acids is 1. The van der Waals surface area contributed by atoms with Crippen LogP contribution in [0.4, 0.5) is 4.39 Å². The van der Waals surface area contributed by atoms with Crippen LogP contribution in [0.15, 0.2) is 30.7 Å². The van der Waals surface area contributed by atoms with Crippen LogP contribution in [0.2, 0.25) is 0 Å². The Labute approximate surface area is 96.3 Å². The molecule has 88 valence electrons. The van der Waals surface area contributed by atoms with Gasteiger partial charge in [-0.05, 0) is 12.1 Å². The van der Waals surface area contributed by atoms with Gasteiger partial charge in [0.15, 0.2) is 0 Å². The summed E-state index contributed by atoms with van der Waals surface area (Å²) in [4.78, 5) is 18.3. The Balaban J connectivity index is 2.04. The van der Waals surface area contributed by atoms with Crippen molar-refractivity contribution in [3.63, 3.8) is 0 Å². The molecule has 0 aliphatic rings. The fraction of sp³-hybridized carbons (Fsp3) is 0.0909. The molecule has 3 N–H and O–H groups in total. The van der Waals surface area contributed by atoms with Gasteiger partial charge in [-0.25, -0.2) is 9.37 Å². The largest absolute Gasteiger partial charge is 0.507 e. The average molecular weight is 235 g/mol. The van der Waals surface area contributed by atoms with Crippen LogP contribution >= 0.6 is 0 Å². The van der Waals surface area contributed by atoms with Gasteiger partial charge in [-0.1, -0.05) is 0 Å². The molecule has 2 aromatic rings. The maximum atomic E-state index is 12.7. The van der Waals surface area contributed by atoms with Gasteiger partial charge in [0.05, 0.1) is 24.1 Å². The summed E-state index contributed by atoms with van der Waals surface area (Å²) in [5.74, 6) is -1.45. The van der Waals surface area contributed by atoms with E-state index in [1.165, 1.54) is 12.4 Å². The number of H-pyrrole nitrogens is 1. The normalized spacial score (nSPS) is 10.2. The Morgan fingerprint density at radius 1 is 1.53 bits per heavy atom. The third kappa shape index (κ3) is 2.60. The van der Waals surface area contributed by atoms with Crippen molar-refractivity contribution in [2.24, 2.45) is 0 Å². The zero-order valence-electron chi connectivity index (χ0n) is 8.77. The topological polar surface area (TPSA) is 78.0 Å². The molecule has 1 amide bonds. The number of hydrogen-bond acceptors (Lipinski definition) is 3. The van der Waals surface area contributed by atoms with Crippen LogP contribution in [0.1, 0.15) is 16.1 Å². The van der Waals surface area contributed by atoms with Gasteiger partial charge in [-0.2, -0.15) is 0 Å². The molecule has 5 nitrogen and oxygen atoms in total. The third-order valence-electron chi connectivity index (χ3n) is 2.20. The number of rotatable bonds is 3. The summed E-state index contributed by atoms with van der Waals surface area (Å²) in [7, 11) is 0. The van der Waals surface area contributed by atoms with Crippen molar-refractivity contribution in [3.05, 3.63) is 47.8 Å². The fourth-order valence-corrected chi connectivity index (χ4v) is 1.35. The van der Waals surface area contributed by atoms with Gasteiger partial charge in [0, 0.05) is 12.3 Å². The van der Waals surface area contributed by atoms with E-state index in [0.29, 0.717) is 0 Å². The predicted octanol–water partition coefficient (Wildman–Crippen LogP) is 1.18. The molecule has 0 spiro atoms. The molecule has 6 heteroatoms. The molecule has 0 aliphatic heterocycles. The van der Waals surface area contributed by atoms with Crippen molar-refractivity contribution in [1.82, 2.24) is 15.3 Å². The van der Waals surface area contributed by atoms with Crippen LogP contribution < -0.4 is 5.32 Å². The molecule has 0 atom stereocenters. The zero-order chi connectivity index (χ0) is 12.3. The van der Waals surface area contributed by atoms with Gasteiger partial charge < -0.3 is 15.4 Å². The molecule has 1 aromatic carbocycles. The lowest BCUT2D eigenvalue weighted by Crippen LogP contribution is -2.23. The Hall–Kier alpha value is -2.37. The second-order valence-corrected chi connectivity index (χ2v) is 3.42. The second kappa shape index (κ2) is 4.65. The zero-order valence-corrected chi connectivity index (χ0v) is 8.77. The van der Waals surface area contributed by atoms with E-state index in [9.17, 15) is 14.3 Å². The molecule has 0 saturated carbocycles. The van der Waals surface area contributed by atoms with E-state index in [4.69, 9.17) is 0 Å². The first-order valence-corrected chi connectivity index (χ1v) is 4.91. The number of aromatic amines is 1. The second-order valence-electron chi connectivity index (χ2n) is 3.42. The molecule has 0 bridgehead atoms. The number of nitrogens with one attached hydrogen (secondary N) is 2. The molecular weight excluding hydrogens is 225 g/mol. The summed E-state index contributed by atoms with van der Waals surface area (Å²) in [5, 5.41) is 12.0. The minimum absolute atomic E-state index is 0.0333. The summed E-state index contributed by atoms with van der Waals surface area (Å²) >= 11 is 0. The number of aromatic hydroxyl groups is 1. The minimum atomic E-state index is -0.590. The number of halogens is 1. The number of phenolic OH excluding ortho intramolecular Hbond substituents is 1. The molecule has 1 aromatic heterocycles. The van der Waals surface area contributed by atoms with E-state index < -0.39 is 11.7 Å². The maximum Gasteiger partial charge on any atom is 0.255 e. The Morgan fingerprint density at radius 3 is 3.00 bits per heavy atom. The number of nitrogens with zero attached hydrogens (tertiary/aromatic N) is 1. The molecule has 0 saturated heterocycles. The minimum Gasteiger partial charge on any atom is -0.507 e. The van der Waals surface area contributed by atoms with Crippen LogP contribution in [0.5, 0.6) is 5.75 Å². The molecule has 0 aliphatic carbocycles. The molecule has 2 rings (SSSR count). The van der Waals surface area contributed by atoms with Crippen LogP contribution in [-0.2, 0) is 6.54 Å². The van der Waals surface area contributed by atoms with Crippen molar-refractivity contribution in [3.8, 4) is 5.75 Å². The summed E-state index contributed by atoms with van der Waals surface area (Å²) in [6.07, 6.45) is 3.07. The van der Waals surface area contributed by atoms with Crippen LogP contribution in [0, 0.1) is 5.82 Å². The highest BCUT2D eigenvalue weighted by Crippen LogP contribution is 2.17. The van der Waals surface area contributed by atoms with Gasteiger partial charge in [-0.3, -0.25) is 4.79 Å². The van der Waals surface area contributed by atoms with E-state index in [0.717, 1.165) is 17.8 Å². The van der Waals surface area contributed by atoms with Gasteiger partial charge >= 0.3 is 0 Å². The smallest absolute Gasteiger partial charge is 0.255 e. The Bertz CT molecular complexity index is 526. The van der Waals surface area contributed by atoms with E-state index in [2.05, 4.69) is 15.3 Å². The Kier molecular flexibility index (Phi) is 3.04. The van der Waals surface area contributed by atoms with Crippen molar-refractivity contribution in [2.75, 3.05) is 0 Å². The fourth-order valence-electron chi connectivity index (χ4n) is 1.35. The number of imidazole rings is 1. The first kappa shape index (κ1) is 11.1. The Morgan fingerprint density at radius 2 is 2.35 bits per heavy atom. The first-order valence-electron chi connectivity index (χ1n) is 4.91. The SMILES string of the molecule is O=C(NCc1cnc[nH]1)c1ccc(F)cc1O. The van der Waals surface area contributed by atoms with E-state index in [-0.39, 0.29) is 17.9 Å². The first-order chi connectivity index (χ1) is 8.16. The highest BCUT2D eigenvalue weighted by Gasteiger charge is 2.11. The molecule has 0 unspecified atom stereocenters.